The van der Waals surface area contributed by atoms with Crippen molar-refractivity contribution in [2.24, 2.45) is 0 Å². The van der Waals surface area contributed by atoms with Gasteiger partial charge in [-0.1, -0.05) is 11.6 Å². The highest BCUT2D eigenvalue weighted by atomic mass is 35.5. The van der Waals surface area contributed by atoms with E-state index in [4.69, 9.17) is 11.6 Å². The lowest BCUT2D eigenvalue weighted by atomic mass is 10.2. The molecule has 1 aromatic rings. The maximum absolute atomic E-state index is 12.4. The summed E-state index contributed by atoms with van der Waals surface area (Å²) in [6.07, 6.45) is 0.885. The average molecular weight is 382 g/mol. The first-order chi connectivity index (χ1) is 10.3. The van der Waals surface area contributed by atoms with Gasteiger partial charge in [0.05, 0.1) is 11.4 Å². The molecule has 0 spiro atoms. The van der Waals surface area contributed by atoms with Crippen LogP contribution in [0, 0.1) is 0 Å². The highest BCUT2D eigenvalue weighted by molar-refractivity contribution is 7.89. The standard InChI is InChI=1S/C14H20ClN3O3S.ClH/c1-17(10-14(19)18(2)12-7-8-16-9-12)22(20,21)13-5-3-11(15)4-6-13;/h3-6,12,16H,7-10H2,1-2H3;1H. The molecule has 1 aliphatic heterocycles. The molecule has 1 heterocycles. The van der Waals surface area contributed by atoms with Crippen LogP contribution in [0.15, 0.2) is 29.2 Å². The Labute approximate surface area is 148 Å². The third-order valence-corrected chi connectivity index (χ3v) is 5.92. The number of nitrogens with one attached hydrogen (secondary N) is 1. The number of likely N-dealkylation sites (N-methyl/N-ethyl adjacent to an activating group) is 2. The molecule has 1 aromatic carbocycles. The minimum absolute atomic E-state index is 0. The normalized spacial score (nSPS) is 17.8. The van der Waals surface area contributed by atoms with Crippen LogP contribution in [0.4, 0.5) is 0 Å². The fraction of sp³-hybridized carbons (Fsp3) is 0.500. The topological polar surface area (TPSA) is 69.7 Å². The van der Waals surface area contributed by atoms with Crippen molar-refractivity contribution in [1.29, 1.82) is 0 Å². The van der Waals surface area contributed by atoms with Gasteiger partial charge in [0, 0.05) is 31.7 Å². The van der Waals surface area contributed by atoms with Crippen molar-refractivity contribution in [3.63, 3.8) is 0 Å². The van der Waals surface area contributed by atoms with Crippen molar-refractivity contribution in [3.8, 4) is 0 Å². The number of benzene rings is 1. The van der Waals surface area contributed by atoms with Crippen molar-refractivity contribution in [1.82, 2.24) is 14.5 Å². The molecule has 1 amide bonds. The van der Waals surface area contributed by atoms with Crippen molar-refractivity contribution >= 4 is 39.9 Å². The van der Waals surface area contributed by atoms with Crippen LogP contribution in [-0.4, -0.2) is 63.3 Å². The summed E-state index contributed by atoms with van der Waals surface area (Å²) < 4.78 is 25.9. The summed E-state index contributed by atoms with van der Waals surface area (Å²) in [4.78, 5) is 14.0. The summed E-state index contributed by atoms with van der Waals surface area (Å²) in [5, 5.41) is 3.65. The van der Waals surface area contributed by atoms with Crippen LogP contribution in [0.25, 0.3) is 0 Å². The van der Waals surface area contributed by atoms with E-state index in [9.17, 15) is 13.2 Å². The van der Waals surface area contributed by atoms with Crippen LogP contribution >= 0.6 is 24.0 Å². The van der Waals surface area contributed by atoms with E-state index in [1.54, 1.807) is 11.9 Å². The van der Waals surface area contributed by atoms with Crippen LogP contribution in [0.5, 0.6) is 0 Å². The van der Waals surface area contributed by atoms with Crippen molar-refractivity contribution in [2.45, 2.75) is 17.4 Å². The fourth-order valence-electron chi connectivity index (χ4n) is 2.35. The Bertz CT molecular complexity index is 631. The molecule has 1 saturated heterocycles. The second-order valence-electron chi connectivity index (χ2n) is 5.37. The fourth-order valence-corrected chi connectivity index (χ4v) is 3.59. The monoisotopic (exact) mass is 381 g/mol. The van der Waals surface area contributed by atoms with Gasteiger partial charge in [-0.25, -0.2) is 8.42 Å². The number of carbonyl (C=O) groups is 1. The zero-order valence-electron chi connectivity index (χ0n) is 13.0. The van der Waals surface area contributed by atoms with Gasteiger partial charge < -0.3 is 10.2 Å². The quantitative estimate of drug-likeness (QED) is 0.831. The van der Waals surface area contributed by atoms with Gasteiger partial charge in [-0.15, -0.1) is 12.4 Å². The van der Waals surface area contributed by atoms with E-state index in [2.05, 4.69) is 5.32 Å². The van der Waals surface area contributed by atoms with E-state index in [-0.39, 0.29) is 35.8 Å². The van der Waals surface area contributed by atoms with E-state index in [0.29, 0.717) is 5.02 Å². The van der Waals surface area contributed by atoms with E-state index in [0.717, 1.165) is 23.8 Å². The van der Waals surface area contributed by atoms with Crippen LogP contribution in [0.2, 0.25) is 5.02 Å². The number of sulfonamides is 1. The number of nitrogens with zero attached hydrogens (tertiary/aromatic N) is 2. The Morgan fingerprint density at radius 3 is 2.43 bits per heavy atom. The third kappa shape index (κ3) is 4.81. The molecular formula is C14H21Cl2N3O3S. The number of carbonyl (C=O) groups excluding carboxylic acids is 1. The molecule has 1 aliphatic rings. The minimum Gasteiger partial charge on any atom is -0.340 e. The predicted molar refractivity (Wildman–Crippen MR) is 92.6 cm³/mol. The van der Waals surface area contributed by atoms with Gasteiger partial charge in [-0.05, 0) is 37.2 Å². The highest BCUT2D eigenvalue weighted by Gasteiger charge is 2.27. The average Bonchev–Trinajstić information content (AvgIpc) is 3.00. The van der Waals surface area contributed by atoms with Gasteiger partial charge in [-0.3, -0.25) is 4.79 Å². The Balaban J connectivity index is 0.00000264. The zero-order chi connectivity index (χ0) is 16.3. The number of rotatable bonds is 5. The van der Waals surface area contributed by atoms with Crippen LogP contribution in [0.3, 0.4) is 0 Å². The molecule has 0 bridgehead atoms. The number of amides is 1. The zero-order valence-corrected chi connectivity index (χ0v) is 15.4. The maximum Gasteiger partial charge on any atom is 0.243 e. The van der Waals surface area contributed by atoms with Gasteiger partial charge in [0.2, 0.25) is 15.9 Å². The first kappa shape index (κ1) is 20.2. The van der Waals surface area contributed by atoms with Gasteiger partial charge in [0.25, 0.3) is 0 Å². The molecule has 0 radical (unpaired) electrons. The second kappa shape index (κ2) is 8.30. The molecule has 6 nitrogen and oxygen atoms in total. The lowest BCUT2D eigenvalue weighted by Gasteiger charge is -2.26. The van der Waals surface area contributed by atoms with Crippen LogP contribution in [0.1, 0.15) is 6.42 Å². The molecule has 1 N–H and O–H groups in total. The summed E-state index contributed by atoms with van der Waals surface area (Å²) in [5.41, 5.74) is 0. The van der Waals surface area contributed by atoms with Crippen molar-refractivity contribution in [2.75, 3.05) is 33.7 Å². The third-order valence-electron chi connectivity index (χ3n) is 3.86. The van der Waals surface area contributed by atoms with Gasteiger partial charge >= 0.3 is 0 Å². The molecule has 0 saturated carbocycles. The first-order valence-electron chi connectivity index (χ1n) is 7.00. The molecule has 0 aromatic heterocycles. The molecule has 130 valence electrons. The Morgan fingerprint density at radius 2 is 1.91 bits per heavy atom. The number of halogens is 2. The molecule has 1 unspecified atom stereocenters. The summed E-state index contributed by atoms with van der Waals surface area (Å²) in [6, 6.07) is 6.02. The molecule has 1 fully saturated rings. The van der Waals surface area contributed by atoms with E-state index >= 15 is 0 Å². The van der Waals surface area contributed by atoms with Crippen molar-refractivity contribution in [3.05, 3.63) is 29.3 Å². The molecule has 0 aliphatic carbocycles. The van der Waals surface area contributed by atoms with Gasteiger partial charge in [0.15, 0.2) is 0 Å². The largest absolute Gasteiger partial charge is 0.340 e. The summed E-state index contributed by atoms with van der Waals surface area (Å²) in [5.74, 6) is -0.214. The molecule has 9 heteroatoms. The summed E-state index contributed by atoms with van der Waals surface area (Å²) >= 11 is 5.76. The van der Waals surface area contributed by atoms with E-state index < -0.39 is 10.0 Å². The van der Waals surface area contributed by atoms with E-state index in [1.165, 1.54) is 31.3 Å². The molecular weight excluding hydrogens is 361 g/mol. The van der Waals surface area contributed by atoms with E-state index in [1.807, 2.05) is 0 Å². The van der Waals surface area contributed by atoms with Crippen molar-refractivity contribution < 1.29 is 13.2 Å². The Hall–Kier alpha value is -0.860. The Morgan fingerprint density at radius 1 is 1.30 bits per heavy atom. The molecule has 1 atom stereocenters. The number of hydrogen-bond donors (Lipinski definition) is 1. The molecule has 2 rings (SSSR count). The Kier molecular flexibility index (Phi) is 7.29. The van der Waals surface area contributed by atoms with Gasteiger partial charge in [-0.2, -0.15) is 4.31 Å². The maximum atomic E-state index is 12.4. The van der Waals surface area contributed by atoms with Gasteiger partial charge in [0.1, 0.15) is 0 Å². The lowest BCUT2D eigenvalue weighted by Crippen LogP contribution is -2.44. The highest BCUT2D eigenvalue weighted by Crippen LogP contribution is 2.17. The lowest BCUT2D eigenvalue weighted by molar-refractivity contribution is -0.131. The summed E-state index contributed by atoms with van der Waals surface area (Å²) in [7, 11) is -0.580. The minimum atomic E-state index is -3.70. The predicted octanol–water partition coefficient (Wildman–Crippen LogP) is 1.20. The van der Waals surface area contributed by atoms with Crippen LogP contribution in [-0.2, 0) is 14.8 Å². The SMILES string of the molecule is CN(C(=O)CN(C)S(=O)(=O)c1ccc(Cl)cc1)C1CCNC1.Cl. The molecule has 23 heavy (non-hydrogen) atoms. The first-order valence-corrected chi connectivity index (χ1v) is 8.82. The smallest absolute Gasteiger partial charge is 0.243 e. The number of hydrogen-bond acceptors (Lipinski definition) is 4. The van der Waals surface area contributed by atoms with Crippen LogP contribution < -0.4 is 5.32 Å². The second-order valence-corrected chi connectivity index (χ2v) is 7.85. The summed E-state index contributed by atoms with van der Waals surface area (Å²) in [6.45, 7) is 1.44.